The van der Waals surface area contributed by atoms with Crippen molar-refractivity contribution in [2.24, 2.45) is 11.8 Å². The van der Waals surface area contributed by atoms with E-state index in [2.05, 4.69) is 0 Å². The van der Waals surface area contributed by atoms with Crippen LogP contribution < -0.4 is 23.7 Å². The zero-order valence-electron chi connectivity index (χ0n) is 23.9. The second-order valence-corrected chi connectivity index (χ2v) is 10.2. The normalized spacial score (nSPS) is 22.7. The molecule has 0 radical (unpaired) electrons. The number of benzene rings is 3. The molecule has 11 nitrogen and oxygen atoms in total. The van der Waals surface area contributed by atoms with Crippen LogP contribution in [0.2, 0.25) is 0 Å². The molecule has 0 bridgehead atoms. The van der Waals surface area contributed by atoms with Crippen molar-refractivity contribution in [3.8, 4) is 40.2 Å². The van der Waals surface area contributed by atoms with Gasteiger partial charge >= 0.3 is 0 Å². The van der Waals surface area contributed by atoms with E-state index in [9.17, 15) is 20.4 Å². The van der Waals surface area contributed by atoms with Crippen molar-refractivity contribution in [1.29, 1.82) is 0 Å². The largest absolute Gasteiger partial charge is 0.504 e. The zero-order chi connectivity index (χ0) is 30.0. The van der Waals surface area contributed by atoms with Gasteiger partial charge in [0.15, 0.2) is 40.6 Å². The van der Waals surface area contributed by atoms with Crippen LogP contribution in [-0.4, -0.2) is 74.8 Å². The molecule has 2 aliphatic heterocycles. The summed E-state index contributed by atoms with van der Waals surface area (Å²) in [6.45, 7) is 0.470. The molecule has 0 amide bonds. The lowest BCUT2D eigenvalue weighted by Gasteiger charge is -2.25. The van der Waals surface area contributed by atoms with Crippen LogP contribution in [0.1, 0.15) is 35.0 Å². The van der Waals surface area contributed by atoms with Crippen LogP contribution in [0, 0.1) is 11.8 Å². The number of phenolic OH excluding ortho intramolecular Hbond substituents is 2. The maximum atomic E-state index is 10.9. The maximum Gasteiger partial charge on any atom is 0.200 e. The second kappa shape index (κ2) is 12.5. The summed E-state index contributed by atoms with van der Waals surface area (Å²) in [5.74, 6) is 1.56. The van der Waals surface area contributed by atoms with Gasteiger partial charge in [0.25, 0.3) is 0 Å². The molecule has 42 heavy (non-hydrogen) atoms. The van der Waals surface area contributed by atoms with E-state index in [0.717, 1.165) is 11.1 Å². The monoisotopic (exact) mass is 584 g/mol. The Kier molecular flexibility index (Phi) is 8.83. The number of ether oxygens (including phenoxy) is 7. The second-order valence-electron chi connectivity index (χ2n) is 10.2. The Morgan fingerprint density at radius 2 is 1.29 bits per heavy atom. The molecular formula is C31H36O11. The van der Waals surface area contributed by atoms with E-state index in [1.165, 1.54) is 46.6 Å². The molecule has 2 aliphatic rings. The van der Waals surface area contributed by atoms with E-state index >= 15 is 0 Å². The predicted octanol–water partition coefficient (Wildman–Crippen LogP) is 3.68. The first kappa shape index (κ1) is 29.6. The highest BCUT2D eigenvalue weighted by Gasteiger charge is 2.48. The summed E-state index contributed by atoms with van der Waals surface area (Å²) in [7, 11) is 5.90. The number of hydrogen-bond donors (Lipinski definition) is 4. The molecule has 0 aliphatic carbocycles. The Morgan fingerprint density at radius 3 is 1.86 bits per heavy atom. The highest BCUT2D eigenvalue weighted by molar-refractivity contribution is 5.53. The van der Waals surface area contributed by atoms with E-state index in [1.54, 1.807) is 18.2 Å². The van der Waals surface area contributed by atoms with Crippen LogP contribution in [0.4, 0.5) is 0 Å². The first-order chi connectivity index (χ1) is 20.3. The average molecular weight is 585 g/mol. The smallest absolute Gasteiger partial charge is 0.200 e. The van der Waals surface area contributed by atoms with Crippen molar-refractivity contribution in [3.63, 3.8) is 0 Å². The number of fused-ring (bicyclic) bond motifs is 1. The van der Waals surface area contributed by atoms with Gasteiger partial charge in [-0.05, 0) is 53.1 Å². The quantitative estimate of drug-likeness (QED) is 0.262. The third-order valence-corrected chi connectivity index (χ3v) is 7.97. The number of methoxy groups -OCH3 is 4. The van der Waals surface area contributed by atoms with E-state index in [-0.39, 0.29) is 41.3 Å². The van der Waals surface area contributed by atoms with Crippen molar-refractivity contribution in [2.45, 2.75) is 24.4 Å². The number of aromatic hydroxyl groups is 2. The molecule has 6 atom stereocenters. The highest BCUT2D eigenvalue weighted by atomic mass is 16.5. The Morgan fingerprint density at radius 1 is 0.714 bits per heavy atom. The lowest BCUT2D eigenvalue weighted by Crippen LogP contribution is -2.29. The van der Waals surface area contributed by atoms with Crippen LogP contribution in [-0.2, 0) is 9.47 Å². The number of aliphatic hydroxyl groups excluding tert-OH is 2. The summed E-state index contributed by atoms with van der Waals surface area (Å²) in [6, 6.07) is 13.4. The number of phenols is 2. The molecular weight excluding hydrogens is 548 g/mol. The van der Waals surface area contributed by atoms with Crippen LogP contribution in [0.5, 0.6) is 40.2 Å². The third kappa shape index (κ3) is 5.48. The van der Waals surface area contributed by atoms with Gasteiger partial charge in [0.05, 0.1) is 60.5 Å². The molecule has 2 heterocycles. The van der Waals surface area contributed by atoms with Crippen LogP contribution >= 0.6 is 0 Å². The van der Waals surface area contributed by atoms with E-state index in [0.29, 0.717) is 41.8 Å². The highest BCUT2D eigenvalue weighted by Crippen LogP contribution is 2.52. The van der Waals surface area contributed by atoms with E-state index in [1.807, 2.05) is 12.1 Å². The molecule has 3 aromatic carbocycles. The Labute approximate surface area is 243 Å². The van der Waals surface area contributed by atoms with Crippen molar-refractivity contribution < 1.29 is 53.6 Å². The van der Waals surface area contributed by atoms with Crippen molar-refractivity contribution in [2.75, 3.05) is 48.3 Å². The Balaban J connectivity index is 1.33. The van der Waals surface area contributed by atoms with Crippen molar-refractivity contribution in [3.05, 3.63) is 65.2 Å². The van der Waals surface area contributed by atoms with Crippen LogP contribution in [0.25, 0.3) is 0 Å². The van der Waals surface area contributed by atoms with E-state index < -0.39 is 18.8 Å². The first-order valence-electron chi connectivity index (χ1n) is 13.5. The topological polar surface area (TPSA) is 146 Å². The van der Waals surface area contributed by atoms with Gasteiger partial charge in [-0.1, -0.05) is 12.1 Å². The summed E-state index contributed by atoms with van der Waals surface area (Å²) in [6.07, 6.45) is -2.75. The minimum Gasteiger partial charge on any atom is -0.504 e. The molecule has 226 valence electrons. The fourth-order valence-electron chi connectivity index (χ4n) is 5.73. The lowest BCUT2D eigenvalue weighted by atomic mass is 9.84. The Hall–Kier alpha value is -3.90. The summed E-state index contributed by atoms with van der Waals surface area (Å²) in [4.78, 5) is 0. The number of aliphatic hydroxyl groups is 2. The van der Waals surface area contributed by atoms with Gasteiger partial charge in [-0.2, -0.15) is 0 Å². The van der Waals surface area contributed by atoms with Gasteiger partial charge in [-0.25, -0.2) is 0 Å². The third-order valence-electron chi connectivity index (χ3n) is 7.97. The minimum absolute atomic E-state index is 0.0621. The molecule has 2 saturated heterocycles. The van der Waals surface area contributed by atoms with Crippen molar-refractivity contribution >= 4 is 0 Å². The van der Waals surface area contributed by atoms with E-state index in [4.69, 9.17) is 33.2 Å². The fourth-order valence-corrected chi connectivity index (χ4v) is 5.73. The molecule has 4 unspecified atom stereocenters. The van der Waals surface area contributed by atoms with Gasteiger partial charge < -0.3 is 53.6 Å². The summed E-state index contributed by atoms with van der Waals surface area (Å²) in [5.41, 5.74) is 2.12. The van der Waals surface area contributed by atoms with Gasteiger partial charge in [-0.3, -0.25) is 0 Å². The summed E-state index contributed by atoms with van der Waals surface area (Å²) >= 11 is 0. The van der Waals surface area contributed by atoms with Crippen LogP contribution in [0.3, 0.4) is 0 Å². The lowest BCUT2D eigenvalue weighted by molar-refractivity contribution is -0.000695. The molecule has 5 rings (SSSR count). The summed E-state index contributed by atoms with van der Waals surface area (Å²) in [5, 5.41) is 41.1. The maximum absolute atomic E-state index is 10.9. The minimum atomic E-state index is -1.21. The molecule has 0 aromatic heterocycles. The molecule has 4 N–H and O–H groups in total. The van der Waals surface area contributed by atoms with Gasteiger partial charge in [0.2, 0.25) is 5.75 Å². The summed E-state index contributed by atoms with van der Waals surface area (Å²) < 4.78 is 39.9. The van der Waals surface area contributed by atoms with Gasteiger partial charge in [-0.15, -0.1) is 0 Å². The van der Waals surface area contributed by atoms with Gasteiger partial charge in [0, 0.05) is 11.8 Å². The first-order valence-corrected chi connectivity index (χ1v) is 13.5. The van der Waals surface area contributed by atoms with Gasteiger partial charge in [0.1, 0.15) is 6.10 Å². The number of hydrogen-bond acceptors (Lipinski definition) is 11. The molecule has 0 saturated carbocycles. The predicted molar refractivity (Wildman–Crippen MR) is 150 cm³/mol. The van der Waals surface area contributed by atoms with Crippen molar-refractivity contribution in [1.82, 2.24) is 0 Å². The SMILES string of the molecule is COc1cc(C(O)C(CO)Oc2ccc([C@@H]3OCC4C3CO[C@H]4c3cc(OC)c(O)c(OC)c3)cc2OC)ccc1O. The molecule has 11 heteroatoms. The zero-order valence-corrected chi connectivity index (χ0v) is 23.9. The molecule has 2 fully saturated rings. The Bertz CT molecular complexity index is 1370. The average Bonchev–Trinajstić information content (AvgIpc) is 3.63. The molecule has 3 aromatic rings. The fraction of sp³-hybridized carbons (Fsp3) is 0.419. The van der Waals surface area contributed by atoms with Crippen LogP contribution in [0.15, 0.2) is 48.5 Å². The number of rotatable bonds is 11. The standard InChI is InChI=1S/C31H36O11/c1-36-23-9-16(5-7-21(23)33)28(34)27(13-32)42-22-8-6-17(10-24(22)37-2)30-19-14-41-31(20(19)15-40-30)18-11-25(38-3)29(35)26(12-18)39-4/h5-12,19-20,27-28,30-35H,13-15H2,1-4H3/t19?,20?,27?,28?,30-,31-/m0/s1. The molecule has 0 spiro atoms.